The van der Waals surface area contributed by atoms with Crippen molar-refractivity contribution in [2.75, 3.05) is 25.9 Å². The molecule has 0 unspecified atom stereocenters. The van der Waals surface area contributed by atoms with E-state index in [1.54, 1.807) is 26.4 Å². The summed E-state index contributed by atoms with van der Waals surface area (Å²) in [6.45, 7) is 0.833. The Hall–Kier alpha value is -2.86. The van der Waals surface area contributed by atoms with Crippen LogP contribution in [0.25, 0.3) is 11.0 Å². The Morgan fingerprint density at radius 1 is 1.03 bits per heavy atom. The molecule has 2 heterocycles. The van der Waals surface area contributed by atoms with Gasteiger partial charge in [0.2, 0.25) is 0 Å². The summed E-state index contributed by atoms with van der Waals surface area (Å²) < 4.78 is 22.6. The number of methoxy groups -OCH3 is 2. The number of aryl methyl sites for hydroxylation is 1. The van der Waals surface area contributed by atoms with E-state index in [0.717, 1.165) is 52.8 Å². The summed E-state index contributed by atoms with van der Waals surface area (Å²) in [7, 11) is 3.16. The lowest BCUT2D eigenvalue weighted by molar-refractivity contribution is 0.286. The zero-order chi connectivity index (χ0) is 20.1. The van der Waals surface area contributed by atoms with E-state index in [0.29, 0.717) is 35.4 Å². The molecular formula is C22H20ClNO5. The van der Waals surface area contributed by atoms with Gasteiger partial charge in [-0.3, -0.25) is 0 Å². The maximum absolute atomic E-state index is 12.5. The van der Waals surface area contributed by atoms with Gasteiger partial charge in [-0.05, 0) is 43.0 Å². The number of benzene rings is 2. The van der Waals surface area contributed by atoms with Gasteiger partial charge in [-0.25, -0.2) is 4.79 Å². The van der Waals surface area contributed by atoms with Gasteiger partial charge in [-0.15, -0.1) is 0 Å². The monoisotopic (exact) mass is 413 g/mol. The van der Waals surface area contributed by atoms with E-state index in [-0.39, 0.29) is 5.63 Å². The Labute approximate surface area is 172 Å². The average molecular weight is 414 g/mol. The SMILES string of the molecule is COc1cc(OC)c(N2COc3ccc4c5c(c(=O)oc4c3C2)CCC5)cc1Cl. The summed E-state index contributed by atoms with van der Waals surface area (Å²) in [6.07, 6.45) is 2.68. The van der Waals surface area contributed by atoms with Crippen molar-refractivity contribution in [1.82, 2.24) is 0 Å². The van der Waals surface area contributed by atoms with Crippen LogP contribution in [0.1, 0.15) is 23.1 Å². The molecule has 0 amide bonds. The molecule has 29 heavy (non-hydrogen) atoms. The molecule has 0 radical (unpaired) electrons. The maximum Gasteiger partial charge on any atom is 0.339 e. The summed E-state index contributed by atoms with van der Waals surface area (Å²) in [5.41, 5.74) is 3.94. The first-order valence-electron chi connectivity index (χ1n) is 9.50. The fourth-order valence-electron chi connectivity index (χ4n) is 4.30. The minimum Gasteiger partial charge on any atom is -0.495 e. The highest BCUT2D eigenvalue weighted by atomic mass is 35.5. The largest absolute Gasteiger partial charge is 0.495 e. The number of ether oxygens (including phenoxy) is 3. The lowest BCUT2D eigenvalue weighted by atomic mass is 10.0. The third-order valence-corrected chi connectivity index (χ3v) is 6.02. The molecule has 2 aromatic carbocycles. The van der Waals surface area contributed by atoms with E-state index in [2.05, 4.69) is 0 Å². The number of halogens is 1. The van der Waals surface area contributed by atoms with Crippen LogP contribution in [0.15, 0.2) is 33.5 Å². The van der Waals surface area contributed by atoms with Gasteiger partial charge in [0.05, 0.1) is 37.0 Å². The third kappa shape index (κ3) is 2.82. The van der Waals surface area contributed by atoms with E-state index in [1.165, 1.54) is 0 Å². The average Bonchev–Trinajstić information content (AvgIpc) is 3.24. The van der Waals surface area contributed by atoms with E-state index in [1.807, 2.05) is 17.0 Å². The van der Waals surface area contributed by atoms with Crippen LogP contribution in [-0.2, 0) is 19.4 Å². The normalized spacial score (nSPS) is 15.1. The van der Waals surface area contributed by atoms with Crippen molar-refractivity contribution in [1.29, 1.82) is 0 Å². The van der Waals surface area contributed by atoms with E-state index in [4.69, 9.17) is 30.2 Å². The molecule has 1 aromatic heterocycles. The van der Waals surface area contributed by atoms with Crippen LogP contribution < -0.4 is 24.7 Å². The van der Waals surface area contributed by atoms with Gasteiger partial charge in [0.1, 0.15) is 22.8 Å². The molecule has 1 aliphatic carbocycles. The number of hydrogen-bond donors (Lipinski definition) is 0. The minimum atomic E-state index is -0.236. The van der Waals surface area contributed by atoms with Gasteiger partial charge in [0.25, 0.3) is 0 Å². The van der Waals surface area contributed by atoms with Gasteiger partial charge in [-0.1, -0.05) is 11.6 Å². The smallest absolute Gasteiger partial charge is 0.339 e. The lowest BCUT2D eigenvalue weighted by Crippen LogP contribution is -2.32. The number of nitrogens with zero attached hydrogens (tertiary/aromatic N) is 1. The molecule has 2 aliphatic rings. The van der Waals surface area contributed by atoms with E-state index in [9.17, 15) is 4.79 Å². The number of anilines is 1. The molecule has 5 rings (SSSR count). The molecular weight excluding hydrogens is 394 g/mol. The van der Waals surface area contributed by atoms with Crippen LogP contribution in [0.2, 0.25) is 5.02 Å². The standard InChI is InChI=1S/C22H20ClNO5/c1-26-19-9-20(27-2)17(8-16(19)23)24-10-15-18(28-11-24)7-6-13-12-4-3-5-14(12)22(25)29-21(13)15/h6-9H,3-5,10-11H2,1-2H3. The van der Waals surface area contributed by atoms with Crippen molar-refractivity contribution in [3.05, 3.63) is 56.4 Å². The van der Waals surface area contributed by atoms with Crippen molar-refractivity contribution in [3.8, 4) is 17.2 Å². The molecule has 150 valence electrons. The molecule has 7 heteroatoms. The van der Waals surface area contributed by atoms with Crippen LogP contribution in [0.3, 0.4) is 0 Å². The quantitative estimate of drug-likeness (QED) is 0.596. The summed E-state index contributed by atoms with van der Waals surface area (Å²) in [5, 5.41) is 1.48. The molecule has 1 aliphatic heterocycles. The van der Waals surface area contributed by atoms with Crippen LogP contribution in [0.4, 0.5) is 5.69 Å². The van der Waals surface area contributed by atoms with Crippen LogP contribution in [0.5, 0.6) is 17.2 Å². The Morgan fingerprint density at radius 2 is 1.83 bits per heavy atom. The molecule has 0 saturated heterocycles. The summed E-state index contributed by atoms with van der Waals surface area (Å²) >= 11 is 6.35. The van der Waals surface area contributed by atoms with Gasteiger partial charge >= 0.3 is 5.63 Å². The first-order chi connectivity index (χ1) is 14.1. The first kappa shape index (κ1) is 18.2. The zero-order valence-corrected chi connectivity index (χ0v) is 17.0. The van der Waals surface area contributed by atoms with Gasteiger partial charge in [-0.2, -0.15) is 0 Å². The molecule has 0 N–H and O–H groups in total. The maximum atomic E-state index is 12.5. The molecule has 6 nitrogen and oxygen atoms in total. The van der Waals surface area contributed by atoms with Crippen LogP contribution in [-0.4, -0.2) is 21.0 Å². The highest BCUT2D eigenvalue weighted by Gasteiger charge is 2.27. The molecule has 0 saturated carbocycles. The molecule has 0 fully saturated rings. The Kier molecular flexibility index (Phi) is 4.32. The van der Waals surface area contributed by atoms with Crippen molar-refractivity contribution in [2.24, 2.45) is 0 Å². The highest BCUT2D eigenvalue weighted by molar-refractivity contribution is 6.32. The topological polar surface area (TPSA) is 61.1 Å². The minimum absolute atomic E-state index is 0.236. The lowest BCUT2D eigenvalue weighted by Gasteiger charge is -2.32. The Morgan fingerprint density at radius 3 is 2.62 bits per heavy atom. The Bertz CT molecular complexity index is 1190. The third-order valence-electron chi connectivity index (χ3n) is 5.72. The number of rotatable bonds is 3. The van der Waals surface area contributed by atoms with Gasteiger partial charge < -0.3 is 23.5 Å². The second-order valence-corrected chi connectivity index (χ2v) is 7.66. The Balaban J connectivity index is 1.63. The van der Waals surface area contributed by atoms with Crippen molar-refractivity contribution >= 4 is 28.3 Å². The second kappa shape index (κ2) is 6.88. The number of fused-ring (bicyclic) bond motifs is 5. The zero-order valence-electron chi connectivity index (χ0n) is 16.2. The van der Waals surface area contributed by atoms with Crippen molar-refractivity contribution in [3.63, 3.8) is 0 Å². The molecule has 3 aromatic rings. The van der Waals surface area contributed by atoms with Crippen LogP contribution >= 0.6 is 11.6 Å². The summed E-state index contributed by atoms with van der Waals surface area (Å²) in [5.74, 6) is 1.90. The van der Waals surface area contributed by atoms with Gasteiger partial charge in [0.15, 0.2) is 6.73 Å². The first-order valence-corrected chi connectivity index (χ1v) is 9.88. The number of hydrogen-bond acceptors (Lipinski definition) is 6. The van der Waals surface area contributed by atoms with E-state index >= 15 is 0 Å². The predicted molar refractivity (Wildman–Crippen MR) is 111 cm³/mol. The van der Waals surface area contributed by atoms with Crippen molar-refractivity contribution in [2.45, 2.75) is 25.8 Å². The second-order valence-electron chi connectivity index (χ2n) is 7.25. The van der Waals surface area contributed by atoms with E-state index < -0.39 is 0 Å². The fraction of sp³-hybridized carbons (Fsp3) is 0.318. The predicted octanol–water partition coefficient (Wildman–Crippen LogP) is 4.31. The fourth-order valence-corrected chi connectivity index (χ4v) is 4.53. The van der Waals surface area contributed by atoms with Crippen LogP contribution in [0, 0.1) is 0 Å². The highest BCUT2D eigenvalue weighted by Crippen LogP contribution is 2.42. The summed E-state index contributed by atoms with van der Waals surface area (Å²) in [4.78, 5) is 14.5. The summed E-state index contributed by atoms with van der Waals surface area (Å²) in [6, 6.07) is 7.52. The molecule has 0 spiro atoms. The van der Waals surface area contributed by atoms with Gasteiger partial charge in [0, 0.05) is 17.0 Å². The van der Waals surface area contributed by atoms with Crippen molar-refractivity contribution < 1.29 is 18.6 Å². The molecule has 0 atom stereocenters. The molecule has 0 bridgehead atoms.